The summed E-state index contributed by atoms with van der Waals surface area (Å²) in [4.78, 5) is 2.34. The van der Waals surface area contributed by atoms with Crippen molar-refractivity contribution in [3.63, 3.8) is 0 Å². The average Bonchev–Trinajstić information content (AvgIpc) is 2.35. The van der Waals surface area contributed by atoms with Crippen molar-refractivity contribution in [3.8, 4) is 0 Å². The fourth-order valence-electron chi connectivity index (χ4n) is 2.22. The smallest absolute Gasteiger partial charge is 0.0426 e. The lowest BCUT2D eigenvalue weighted by Gasteiger charge is -2.30. The highest BCUT2D eigenvalue weighted by molar-refractivity contribution is 6.30. The summed E-state index contributed by atoms with van der Waals surface area (Å²) in [6.45, 7) is 11.9. The molecule has 0 aromatic heterocycles. The topological polar surface area (TPSA) is 15.3 Å². The van der Waals surface area contributed by atoms with Crippen molar-refractivity contribution >= 4 is 17.3 Å². The van der Waals surface area contributed by atoms with E-state index in [0.717, 1.165) is 11.6 Å². The molecular weight excluding hydrogens is 268 g/mol. The fourth-order valence-corrected chi connectivity index (χ4v) is 2.39. The Bertz CT molecular complexity index is 423. The van der Waals surface area contributed by atoms with Crippen LogP contribution in [0.5, 0.6) is 0 Å². The zero-order valence-electron chi connectivity index (χ0n) is 13.8. The third-order valence-electron chi connectivity index (χ3n) is 3.60. The Kier molecular flexibility index (Phi) is 6.35. The summed E-state index contributed by atoms with van der Waals surface area (Å²) in [6.07, 6.45) is 2.39. The van der Waals surface area contributed by atoms with Gasteiger partial charge in [0, 0.05) is 35.9 Å². The Labute approximate surface area is 129 Å². The molecule has 1 aromatic carbocycles. The SMILES string of the molecule is CCCC(C)N(C)c1cc(Cl)ccc1CNC(C)(C)C. The van der Waals surface area contributed by atoms with Gasteiger partial charge in [-0.05, 0) is 51.8 Å². The lowest BCUT2D eigenvalue weighted by Crippen LogP contribution is -2.36. The van der Waals surface area contributed by atoms with Gasteiger partial charge < -0.3 is 10.2 Å². The zero-order chi connectivity index (χ0) is 15.3. The summed E-state index contributed by atoms with van der Waals surface area (Å²) < 4.78 is 0. The molecule has 1 rings (SSSR count). The molecule has 0 amide bonds. The van der Waals surface area contributed by atoms with E-state index in [0.29, 0.717) is 6.04 Å². The third-order valence-corrected chi connectivity index (χ3v) is 3.84. The van der Waals surface area contributed by atoms with Gasteiger partial charge in [0.05, 0.1) is 0 Å². The van der Waals surface area contributed by atoms with Gasteiger partial charge in [0.1, 0.15) is 0 Å². The van der Waals surface area contributed by atoms with Gasteiger partial charge in [-0.25, -0.2) is 0 Å². The molecule has 0 heterocycles. The minimum absolute atomic E-state index is 0.116. The molecule has 0 aliphatic heterocycles. The van der Waals surface area contributed by atoms with Crippen molar-refractivity contribution in [2.75, 3.05) is 11.9 Å². The van der Waals surface area contributed by atoms with Crippen molar-refractivity contribution in [2.24, 2.45) is 0 Å². The predicted molar refractivity (Wildman–Crippen MR) is 90.8 cm³/mol. The molecule has 1 N–H and O–H groups in total. The van der Waals surface area contributed by atoms with Crippen LogP contribution in [0.1, 0.15) is 53.0 Å². The van der Waals surface area contributed by atoms with Gasteiger partial charge in [0.2, 0.25) is 0 Å². The van der Waals surface area contributed by atoms with E-state index in [2.05, 4.69) is 64.0 Å². The lowest BCUT2D eigenvalue weighted by molar-refractivity contribution is 0.424. The van der Waals surface area contributed by atoms with E-state index in [1.807, 2.05) is 6.07 Å². The van der Waals surface area contributed by atoms with E-state index in [1.54, 1.807) is 0 Å². The Balaban J connectivity index is 2.95. The van der Waals surface area contributed by atoms with Crippen LogP contribution in [-0.2, 0) is 6.54 Å². The van der Waals surface area contributed by atoms with Crippen LogP contribution in [0.3, 0.4) is 0 Å². The van der Waals surface area contributed by atoms with Crippen LogP contribution >= 0.6 is 11.6 Å². The summed E-state index contributed by atoms with van der Waals surface area (Å²) in [5.74, 6) is 0. The summed E-state index contributed by atoms with van der Waals surface area (Å²) in [7, 11) is 2.16. The molecular formula is C17H29ClN2. The summed E-state index contributed by atoms with van der Waals surface area (Å²) in [5.41, 5.74) is 2.65. The van der Waals surface area contributed by atoms with E-state index < -0.39 is 0 Å². The standard InChI is InChI=1S/C17H29ClN2/c1-7-8-13(2)20(6)16-11-15(18)10-9-14(16)12-19-17(3,4)5/h9-11,13,19H,7-8,12H2,1-6H3. The van der Waals surface area contributed by atoms with Crippen molar-refractivity contribution in [1.29, 1.82) is 0 Å². The number of anilines is 1. The number of nitrogens with zero attached hydrogens (tertiary/aromatic N) is 1. The van der Waals surface area contributed by atoms with E-state index in [1.165, 1.54) is 24.1 Å². The number of nitrogens with one attached hydrogen (secondary N) is 1. The maximum Gasteiger partial charge on any atom is 0.0426 e. The second-order valence-electron chi connectivity index (χ2n) is 6.63. The van der Waals surface area contributed by atoms with Crippen molar-refractivity contribution in [3.05, 3.63) is 28.8 Å². The highest BCUT2D eigenvalue weighted by Crippen LogP contribution is 2.27. The first-order valence-electron chi connectivity index (χ1n) is 7.51. The molecule has 0 aliphatic rings. The predicted octanol–water partition coefficient (Wildman–Crippen LogP) is 4.85. The Morgan fingerprint density at radius 2 is 1.95 bits per heavy atom. The monoisotopic (exact) mass is 296 g/mol. The number of rotatable bonds is 6. The third kappa shape index (κ3) is 5.34. The molecule has 114 valence electrons. The molecule has 0 saturated heterocycles. The van der Waals surface area contributed by atoms with E-state index in [-0.39, 0.29) is 5.54 Å². The van der Waals surface area contributed by atoms with Crippen LogP contribution in [0, 0.1) is 0 Å². The Morgan fingerprint density at radius 1 is 1.30 bits per heavy atom. The molecule has 0 radical (unpaired) electrons. The maximum absolute atomic E-state index is 6.19. The first-order valence-corrected chi connectivity index (χ1v) is 7.88. The maximum atomic E-state index is 6.19. The molecule has 0 bridgehead atoms. The number of hydrogen-bond acceptors (Lipinski definition) is 2. The van der Waals surface area contributed by atoms with Crippen LogP contribution < -0.4 is 10.2 Å². The molecule has 0 spiro atoms. The highest BCUT2D eigenvalue weighted by atomic mass is 35.5. The van der Waals surface area contributed by atoms with Crippen LogP contribution in [0.25, 0.3) is 0 Å². The minimum Gasteiger partial charge on any atom is -0.372 e. The van der Waals surface area contributed by atoms with Crippen LogP contribution in [0.15, 0.2) is 18.2 Å². The number of hydrogen-bond donors (Lipinski definition) is 1. The molecule has 1 unspecified atom stereocenters. The van der Waals surface area contributed by atoms with Gasteiger partial charge in [-0.3, -0.25) is 0 Å². The zero-order valence-corrected chi connectivity index (χ0v) is 14.5. The molecule has 0 saturated carbocycles. The normalized spacial score (nSPS) is 13.3. The number of benzene rings is 1. The van der Waals surface area contributed by atoms with Crippen molar-refractivity contribution in [2.45, 2.75) is 65.6 Å². The molecule has 0 fully saturated rings. The second-order valence-corrected chi connectivity index (χ2v) is 7.06. The van der Waals surface area contributed by atoms with Gasteiger partial charge in [-0.2, -0.15) is 0 Å². The van der Waals surface area contributed by atoms with Crippen LogP contribution in [0.2, 0.25) is 5.02 Å². The van der Waals surface area contributed by atoms with Gasteiger partial charge in [0.15, 0.2) is 0 Å². The highest BCUT2D eigenvalue weighted by Gasteiger charge is 2.15. The van der Waals surface area contributed by atoms with Crippen LogP contribution in [0.4, 0.5) is 5.69 Å². The second kappa shape index (κ2) is 7.33. The lowest BCUT2D eigenvalue weighted by atomic mass is 10.1. The molecule has 1 aromatic rings. The van der Waals surface area contributed by atoms with Gasteiger partial charge >= 0.3 is 0 Å². The summed E-state index contributed by atoms with van der Waals surface area (Å²) in [6, 6.07) is 6.70. The number of halogens is 1. The molecule has 20 heavy (non-hydrogen) atoms. The summed E-state index contributed by atoms with van der Waals surface area (Å²) in [5, 5.41) is 4.36. The Hall–Kier alpha value is -0.730. The van der Waals surface area contributed by atoms with Crippen LogP contribution in [-0.4, -0.2) is 18.6 Å². The minimum atomic E-state index is 0.116. The van der Waals surface area contributed by atoms with Crippen molar-refractivity contribution < 1.29 is 0 Å². The molecule has 0 aliphatic carbocycles. The average molecular weight is 297 g/mol. The molecule has 1 atom stereocenters. The quantitative estimate of drug-likeness (QED) is 0.807. The van der Waals surface area contributed by atoms with Gasteiger partial charge in [-0.1, -0.05) is 31.0 Å². The first-order chi connectivity index (χ1) is 9.24. The molecule has 3 heteroatoms. The Morgan fingerprint density at radius 3 is 2.50 bits per heavy atom. The first kappa shape index (κ1) is 17.3. The van der Waals surface area contributed by atoms with E-state index >= 15 is 0 Å². The molecule has 2 nitrogen and oxygen atoms in total. The fraction of sp³-hybridized carbons (Fsp3) is 0.647. The van der Waals surface area contributed by atoms with Gasteiger partial charge in [-0.15, -0.1) is 0 Å². The van der Waals surface area contributed by atoms with Gasteiger partial charge in [0.25, 0.3) is 0 Å². The summed E-state index contributed by atoms with van der Waals surface area (Å²) >= 11 is 6.19. The van der Waals surface area contributed by atoms with E-state index in [4.69, 9.17) is 11.6 Å². The van der Waals surface area contributed by atoms with E-state index in [9.17, 15) is 0 Å². The largest absolute Gasteiger partial charge is 0.372 e. The van der Waals surface area contributed by atoms with Crippen molar-refractivity contribution in [1.82, 2.24) is 5.32 Å².